The van der Waals surface area contributed by atoms with Gasteiger partial charge in [0.1, 0.15) is 0 Å². The molecule has 0 unspecified atom stereocenters. The topological polar surface area (TPSA) is 60.7 Å². The molecule has 0 aromatic heterocycles. The van der Waals surface area contributed by atoms with Crippen molar-refractivity contribution >= 4 is 8.80 Å². The van der Waals surface area contributed by atoms with Crippen LogP contribution in [0.1, 0.15) is 6.42 Å². The van der Waals surface area contributed by atoms with E-state index in [0.29, 0.717) is 25.7 Å². The van der Waals surface area contributed by atoms with Gasteiger partial charge in [0, 0.05) is 27.4 Å². The van der Waals surface area contributed by atoms with Gasteiger partial charge in [-0.05, 0) is 0 Å². The Bertz CT molecular complexity index is 170. The summed E-state index contributed by atoms with van der Waals surface area (Å²) in [5.41, 5.74) is 0. The Morgan fingerprint density at radius 3 is 2.07 bits per heavy atom. The van der Waals surface area contributed by atoms with E-state index in [2.05, 4.69) is 0 Å². The van der Waals surface area contributed by atoms with E-state index in [-0.39, 0.29) is 0 Å². The summed E-state index contributed by atoms with van der Waals surface area (Å²) in [6.45, 7) is 0.932. The molecular formula is C8H17NO4Si. The number of nitriles is 1. The van der Waals surface area contributed by atoms with Crippen LogP contribution >= 0.6 is 0 Å². The lowest BCUT2D eigenvalue weighted by Gasteiger charge is -2.23. The van der Waals surface area contributed by atoms with Crippen molar-refractivity contribution in [1.82, 2.24) is 0 Å². The molecule has 0 amide bonds. The van der Waals surface area contributed by atoms with Crippen LogP contribution in [0.15, 0.2) is 0 Å². The second kappa shape index (κ2) is 7.91. The van der Waals surface area contributed by atoms with Crippen LogP contribution in [0, 0.1) is 11.3 Å². The van der Waals surface area contributed by atoms with Crippen LogP contribution in [-0.4, -0.2) is 43.3 Å². The predicted octanol–water partition coefficient (Wildman–Crippen LogP) is 0.795. The summed E-state index contributed by atoms with van der Waals surface area (Å²) in [4.78, 5) is 0. The van der Waals surface area contributed by atoms with Gasteiger partial charge in [0.2, 0.25) is 0 Å². The van der Waals surface area contributed by atoms with E-state index in [0.717, 1.165) is 0 Å². The van der Waals surface area contributed by atoms with Crippen molar-refractivity contribution in [2.24, 2.45) is 0 Å². The molecule has 0 fully saturated rings. The van der Waals surface area contributed by atoms with E-state index in [4.69, 9.17) is 23.3 Å². The molecule has 14 heavy (non-hydrogen) atoms. The minimum absolute atomic E-state index is 0.404. The summed E-state index contributed by atoms with van der Waals surface area (Å²) < 4.78 is 20.8. The van der Waals surface area contributed by atoms with Crippen LogP contribution in [0.5, 0.6) is 0 Å². The van der Waals surface area contributed by atoms with Gasteiger partial charge in [0.15, 0.2) is 0 Å². The summed E-state index contributed by atoms with van der Waals surface area (Å²) in [5, 5.41) is 8.27. The lowest BCUT2D eigenvalue weighted by molar-refractivity contribution is 0.0971. The Kier molecular flexibility index (Phi) is 7.65. The number of ether oxygens (including phenoxy) is 1. The summed E-state index contributed by atoms with van der Waals surface area (Å²) in [5.74, 6) is 0. The fraction of sp³-hybridized carbons (Fsp3) is 0.875. The fourth-order valence-electron chi connectivity index (χ4n) is 0.973. The summed E-state index contributed by atoms with van der Waals surface area (Å²) in [6, 6.07) is 2.60. The van der Waals surface area contributed by atoms with Crippen LogP contribution in [0.2, 0.25) is 6.04 Å². The zero-order chi connectivity index (χ0) is 10.9. The van der Waals surface area contributed by atoms with Gasteiger partial charge in [-0.15, -0.1) is 0 Å². The molecule has 6 heteroatoms. The molecule has 0 radical (unpaired) electrons. The second-order valence-corrected chi connectivity index (χ2v) is 5.66. The lowest BCUT2D eigenvalue weighted by atomic mass is 10.5. The first kappa shape index (κ1) is 13.5. The molecule has 0 aliphatic rings. The zero-order valence-corrected chi connectivity index (χ0v) is 9.91. The Labute approximate surface area is 85.9 Å². The van der Waals surface area contributed by atoms with Crippen molar-refractivity contribution in [3.05, 3.63) is 0 Å². The number of nitrogens with zero attached hydrogens (tertiary/aromatic N) is 1. The predicted molar refractivity (Wildman–Crippen MR) is 52.6 cm³/mol. The van der Waals surface area contributed by atoms with Gasteiger partial charge in [-0.3, -0.25) is 0 Å². The molecule has 0 aromatic carbocycles. The van der Waals surface area contributed by atoms with Gasteiger partial charge in [0.05, 0.1) is 25.7 Å². The Morgan fingerprint density at radius 2 is 1.64 bits per heavy atom. The molecule has 82 valence electrons. The number of hydrogen-bond acceptors (Lipinski definition) is 5. The molecule has 0 spiro atoms. The first-order valence-corrected chi connectivity index (χ1v) is 6.28. The molecule has 0 aliphatic heterocycles. The third-order valence-electron chi connectivity index (χ3n) is 1.84. The monoisotopic (exact) mass is 219 g/mol. The van der Waals surface area contributed by atoms with E-state index in [1.165, 1.54) is 0 Å². The summed E-state index contributed by atoms with van der Waals surface area (Å²) in [7, 11) is 2.21. The summed E-state index contributed by atoms with van der Waals surface area (Å²) in [6.07, 6.45) is 0.404. The molecule has 0 saturated carbocycles. The fourth-order valence-corrected chi connectivity index (χ4v) is 2.48. The molecule has 0 N–H and O–H groups in total. The van der Waals surface area contributed by atoms with Gasteiger partial charge in [0.25, 0.3) is 0 Å². The Balaban J connectivity index is 3.67. The third kappa shape index (κ3) is 4.69. The van der Waals surface area contributed by atoms with Gasteiger partial charge in [-0.25, -0.2) is 0 Å². The molecule has 0 bridgehead atoms. The molecule has 5 nitrogen and oxygen atoms in total. The Morgan fingerprint density at radius 1 is 1.07 bits per heavy atom. The van der Waals surface area contributed by atoms with E-state index < -0.39 is 8.80 Å². The normalized spacial score (nSPS) is 11.3. The van der Waals surface area contributed by atoms with Crippen molar-refractivity contribution in [2.75, 3.05) is 34.5 Å². The van der Waals surface area contributed by atoms with E-state index in [1.54, 1.807) is 21.3 Å². The standard InChI is InChI=1S/C8H17NO4Si/c1-10-14(11-2,12-3)8-7-13-6-4-5-9/h4,6-8H2,1-3H3. The first-order chi connectivity index (χ1) is 6.74. The van der Waals surface area contributed by atoms with Crippen LogP contribution in [0.3, 0.4) is 0 Å². The first-order valence-electron chi connectivity index (χ1n) is 4.35. The average Bonchev–Trinajstić information content (AvgIpc) is 2.24. The zero-order valence-electron chi connectivity index (χ0n) is 8.91. The van der Waals surface area contributed by atoms with Crippen LogP contribution in [0.4, 0.5) is 0 Å². The smallest absolute Gasteiger partial charge is 0.380 e. The molecule has 0 aliphatic carbocycles. The molecule has 0 aromatic rings. The largest absolute Gasteiger partial charge is 0.502 e. The maximum Gasteiger partial charge on any atom is 0.502 e. The highest BCUT2D eigenvalue weighted by Gasteiger charge is 2.37. The maximum absolute atomic E-state index is 8.27. The van der Waals surface area contributed by atoms with E-state index in [1.807, 2.05) is 6.07 Å². The van der Waals surface area contributed by atoms with Crippen molar-refractivity contribution in [1.29, 1.82) is 5.26 Å². The SMILES string of the molecule is CO[Si](CCOCCC#N)(OC)OC. The number of hydrogen-bond donors (Lipinski definition) is 0. The molecule has 0 atom stereocenters. The van der Waals surface area contributed by atoms with Gasteiger partial charge in [-0.1, -0.05) is 0 Å². The van der Waals surface area contributed by atoms with Crippen LogP contribution < -0.4 is 0 Å². The minimum Gasteiger partial charge on any atom is -0.380 e. The van der Waals surface area contributed by atoms with Crippen LogP contribution in [-0.2, 0) is 18.0 Å². The molecule has 0 heterocycles. The second-order valence-electron chi connectivity index (χ2n) is 2.57. The minimum atomic E-state index is -2.49. The quantitative estimate of drug-likeness (QED) is 0.446. The van der Waals surface area contributed by atoms with Gasteiger partial charge < -0.3 is 18.0 Å². The highest BCUT2D eigenvalue weighted by Crippen LogP contribution is 2.12. The van der Waals surface area contributed by atoms with Gasteiger partial charge >= 0.3 is 8.80 Å². The molecule has 0 saturated heterocycles. The van der Waals surface area contributed by atoms with Crippen LogP contribution in [0.25, 0.3) is 0 Å². The van der Waals surface area contributed by atoms with Crippen molar-refractivity contribution in [3.8, 4) is 6.07 Å². The average molecular weight is 219 g/mol. The van der Waals surface area contributed by atoms with E-state index >= 15 is 0 Å². The molecule has 0 rings (SSSR count). The molecular weight excluding hydrogens is 202 g/mol. The van der Waals surface area contributed by atoms with Crippen molar-refractivity contribution < 1.29 is 18.0 Å². The maximum atomic E-state index is 8.27. The lowest BCUT2D eigenvalue weighted by Crippen LogP contribution is -2.43. The van der Waals surface area contributed by atoms with Gasteiger partial charge in [-0.2, -0.15) is 5.26 Å². The highest BCUT2D eigenvalue weighted by molar-refractivity contribution is 6.60. The third-order valence-corrected chi connectivity index (χ3v) is 4.53. The number of rotatable bonds is 8. The van der Waals surface area contributed by atoms with Crippen molar-refractivity contribution in [3.63, 3.8) is 0 Å². The Hall–Kier alpha value is -0.453. The van der Waals surface area contributed by atoms with Crippen molar-refractivity contribution in [2.45, 2.75) is 12.5 Å². The highest BCUT2D eigenvalue weighted by atomic mass is 28.4. The summed E-state index contributed by atoms with van der Waals surface area (Å²) >= 11 is 0. The van der Waals surface area contributed by atoms with E-state index in [9.17, 15) is 0 Å².